The molecule has 0 atom stereocenters. The summed E-state index contributed by atoms with van der Waals surface area (Å²) in [4.78, 5) is 20.2. The number of aromatic nitrogens is 2. The summed E-state index contributed by atoms with van der Waals surface area (Å²) < 4.78 is 13.7. The van der Waals surface area contributed by atoms with E-state index in [9.17, 15) is 9.18 Å². The number of pyridine rings is 1. The van der Waals surface area contributed by atoms with Crippen molar-refractivity contribution >= 4 is 23.1 Å². The third kappa shape index (κ3) is 2.60. The fourth-order valence-corrected chi connectivity index (χ4v) is 1.85. The molecule has 0 saturated heterocycles. The molecule has 8 heteroatoms. The Morgan fingerprint density at radius 3 is 3.06 bits per heavy atom. The van der Waals surface area contributed by atoms with Crippen molar-refractivity contribution in [2.24, 2.45) is 5.84 Å². The zero-order valence-electron chi connectivity index (χ0n) is 9.18. The summed E-state index contributed by atoms with van der Waals surface area (Å²) in [7, 11) is 0. The maximum Gasteiger partial charge on any atom is 0.254 e. The molecule has 2 aromatic heterocycles. The molecule has 94 valence electrons. The largest absolute Gasteiger partial charge is 0.347 e. The molecule has 0 saturated carbocycles. The van der Waals surface area contributed by atoms with Crippen LogP contribution in [0.5, 0.6) is 0 Å². The van der Waals surface area contributed by atoms with E-state index in [2.05, 4.69) is 20.7 Å². The number of hydrazine groups is 1. The summed E-state index contributed by atoms with van der Waals surface area (Å²) in [6.45, 7) is 0.302. The van der Waals surface area contributed by atoms with E-state index >= 15 is 0 Å². The first-order valence-electron chi connectivity index (χ1n) is 4.99. The second-order valence-electron chi connectivity index (χ2n) is 3.32. The molecule has 0 aliphatic heterocycles. The third-order valence-corrected chi connectivity index (χ3v) is 2.96. The Morgan fingerprint density at radius 1 is 1.56 bits per heavy atom. The first kappa shape index (κ1) is 12.4. The number of thiazole rings is 1. The van der Waals surface area contributed by atoms with E-state index in [4.69, 9.17) is 5.84 Å². The van der Waals surface area contributed by atoms with Gasteiger partial charge in [0.15, 0.2) is 11.6 Å². The van der Waals surface area contributed by atoms with Gasteiger partial charge in [0.05, 0.1) is 17.6 Å². The molecule has 1 amide bonds. The summed E-state index contributed by atoms with van der Waals surface area (Å²) in [5.74, 6) is 3.61. The first-order chi connectivity index (χ1) is 8.72. The Morgan fingerprint density at radius 2 is 2.39 bits per heavy atom. The van der Waals surface area contributed by atoms with Gasteiger partial charge in [-0.05, 0) is 6.07 Å². The van der Waals surface area contributed by atoms with Gasteiger partial charge in [-0.2, -0.15) is 0 Å². The van der Waals surface area contributed by atoms with Gasteiger partial charge in [-0.1, -0.05) is 0 Å². The number of nitrogens with two attached hydrogens (primary N) is 1. The van der Waals surface area contributed by atoms with E-state index < -0.39 is 11.7 Å². The number of hydrogen-bond acceptors (Lipinski definition) is 6. The molecule has 0 aromatic carbocycles. The summed E-state index contributed by atoms with van der Waals surface area (Å²) in [5.41, 5.74) is 3.63. The van der Waals surface area contributed by atoms with Crippen molar-refractivity contribution in [2.45, 2.75) is 6.54 Å². The predicted octanol–water partition coefficient (Wildman–Crippen LogP) is 0.893. The normalized spacial score (nSPS) is 10.1. The molecule has 0 fully saturated rings. The number of carbonyl (C=O) groups is 1. The third-order valence-electron chi connectivity index (χ3n) is 2.18. The van der Waals surface area contributed by atoms with Crippen LogP contribution in [0.1, 0.15) is 15.2 Å². The number of carbonyl (C=O) groups excluding carboxylic acids is 1. The van der Waals surface area contributed by atoms with Crippen molar-refractivity contribution in [3.63, 3.8) is 0 Å². The van der Waals surface area contributed by atoms with Gasteiger partial charge in [-0.15, -0.1) is 11.3 Å². The van der Waals surface area contributed by atoms with Crippen LogP contribution in [0.2, 0.25) is 0 Å². The zero-order valence-corrected chi connectivity index (χ0v) is 10.00. The molecule has 6 nitrogen and oxygen atoms in total. The van der Waals surface area contributed by atoms with Gasteiger partial charge in [-0.25, -0.2) is 15.2 Å². The fraction of sp³-hybridized carbons (Fsp3) is 0.100. The molecular weight excluding hydrogens is 257 g/mol. The van der Waals surface area contributed by atoms with Gasteiger partial charge < -0.3 is 10.7 Å². The lowest BCUT2D eigenvalue weighted by atomic mass is 10.2. The molecule has 0 unspecified atom stereocenters. The van der Waals surface area contributed by atoms with Crippen LogP contribution in [0, 0.1) is 5.82 Å². The van der Waals surface area contributed by atoms with E-state index in [0.29, 0.717) is 6.54 Å². The average molecular weight is 267 g/mol. The van der Waals surface area contributed by atoms with Crippen molar-refractivity contribution in [1.29, 1.82) is 0 Å². The molecular formula is C10H10FN5OS. The highest BCUT2D eigenvalue weighted by Gasteiger charge is 2.15. The number of anilines is 1. The summed E-state index contributed by atoms with van der Waals surface area (Å²) in [6, 6.07) is 1.29. The topological polar surface area (TPSA) is 92.9 Å². The number of nitrogens with one attached hydrogen (secondary N) is 2. The number of amides is 1. The van der Waals surface area contributed by atoms with Crippen molar-refractivity contribution < 1.29 is 9.18 Å². The predicted molar refractivity (Wildman–Crippen MR) is 65.3 cm³/mol. The molecule has 0 aliphatic rings. The molecule has 4 N–H and O–H groups in total. The van der Waals surface area contributed by atoms with Gasteiger partial charge >= 0.3 is 0 Å². The molecule has 0 aliphatic carbocycles. The smallest absolute Gasteiger partial charge is 0.254 e. The molecule has 2 heterocycles. The van der Waals surface area contributed by atoms with Gasteiger partial charge in [0.2, 0.25) is 0 Å². The van der Waals surface area contributed by atoms with E-state index in [1.807, 2.05) is 0 Å². The van der Waals surface area contributed by atoms with Crippen LogP contribution < -0.4 is 16.6 Å². The summed E-state index contributed by atoms with van der Waals surface area (Å²) in [5, 5.41) is 2.59. The lowest BCUT2D eigenvalue weighted by molar-refractivity contribution is 0.0947. The van der Waals surface area contributed by atoms with Crippen molar-refractivity contribution in [3.8, 4) is 0 Å². The molecule has 2 aromatic rings. The van der Waals surface area contributed by atoms with Gasteiger partial charge in [-0.3, -0.25) is 9.78 Å². The van der Waals surface area contributed by atoms with Gasteiger partial charge in [0.25, 0.3) is 5.91 Å². The summed E-state index contributed by atoms with van der Waals surface area (Å²) in [6.07, 6.45) is 2.95. The average Bonchev–Trinajstić information content (AvgIpc) is 2.89. The zero-order chi connectivity index (χ0) is 13.0. The Balaban J connectivity index is 2.09. The lowest BCUT2D eigenvalue weighted by Gasteiger charge is -2.07. The maximum absolute atomic E-state index is 13.7. The van der Waals surface area contributed by atoms with E-state index in [-0.39, 0.29) is 11.4 Å². The molecule has 0 spiro atoms. The minimum atomic E-state index is -0.776. The molecule has 0 radical (unpaired) electrons. The van der Waals surface area contributed by atoms with Crippen LogP contribution in [-0.4, -0.2) is 15.9 Å². The number of rotatable bonds is 4. The highest BCUT2D eigenvalue weighted by Crippen LogP contribution is 2.14. The second-order valence-corrected chi connectivity index (χ2v) is 4.29. The monoisotopic (exact) mass is 267 g/mol. The highest BCUT2D eigenvalue weighted by molar-refractivity contribution is 7.09. The Labute approximate surface area is 106 Å². The van der Waals surface area contributed by atoms with Crippen LogP contribution in [0.4, 0.5) is 10.2 Å². The van der Waals surface area contributed by atoms with E-state index in [1.165, 1.54) is 23.6 Å². The lowest BCUT2D eigenvalue weighted by Crippen LogP contribution is -2.24. The number of hydrogen-bond donors (Lipinski definition) is 3. The quantitative estimate of drug-likeness (QED) is 0.565. The van der Waals surface area contributed by atoms with E-state index in [1.54, 1.807) is 11.7 Å². The highest BCUT2D eigenvalue weighted by atomic mass is 32.1. The first-order valence-corrected chi connectivity index (χ1v) is 5.87. The Kier molecular flexibility index (Phi) is 3.80. The molecule has 18 heavy (non-hydrogen) atoms. The minimum Gasteiger partial charge on any atom is -0.347 e. The fourth-order valence-electron chi connectivity index (χ4n) is 1.31. The van der Waals surface area contributed by atoms with Crippen LogP contribution in [0.3, 0.4) is 0 Å². The molecule has 0 bridgehead atoms. The van der Waals surface area contributed by atoms with Gasteiger partial charge in [0.1, 0.15) is 0 Å². The maximum atomic E-state index is 13.7. The standard InChI is InChI=1S/C10H10FN5OS/c11-8-7(1-2-14-9(8)16-12)10(17)15-4-6-3-13-5-18-6/h1-3,5H,4,12H2,(H,14,16)(H,15,17). The summed E-state index contributed by atoms with van der Waals surface area (Å²) >= 11 is 1.41. The van der Waals surface area contributed by atoms with Crippen LogP contribution in [0.25, 0.3) is 0 Å². The van der Waals surface area contributed by atoms with Crippen LogP contribution in [0.15, 0.2) is 24.0 Å². The van der Waals surface area contributed by atoms with Gasteiger partial charge in [0, 0.05) is 17.3 Å². The SMILES string of the molecule is NNc1nccc(C(=O)NCc2cncs2)c1F. The Bertz CT molecular complexity index is 545. The van der Waals surface area contributed by atoms with Crippen molar-refractivity contribution in [3.05, 3.63) is 40.2 Å². The molecule has 2 rings (SSSR count). The second kappa shape index (κ2) is 5.52. The minimum absolute atomic E-state index is 0.109. The number of halogens is 1. The Hall–Kier alpha value is -2.06. The van der Waals surface area contributed by atoms with E-state index in [0.717, 1.165) is 4.88 Å². The van der Waals surface area contributed by atoms with Crippen LogP contribution >= 0.6 is 11.3 Å². The number of nitrogen functional groups attached to an aromatic ring is 1. The number of nitrogens with zero attached hydrogens (tertiary/aromatic N) is 2. The van der Waals surface area contributed by atoms with Crippen molar-refractivity contribution in [2.75, 3.05) is 5.43 Å². The van der Waals surface area contributed by atoms with Crippen molar-refractivity contribution in [1.82, 2.24) is 15.3 Å². The van der Waals surface area contributed by atoms with Crippen LogP contribution in [-0.2, 0) is 6.54 Å².